The van der Waals surface area contributed by atoms with Crippen LogP contribution in [0.3, 0.4) is 0 Å². The molecule has 7 heteroatoms. The molecule has 2 aliphatic rings. The van der Waals surface area contributed by atoms with Gasteiger partial charge in [0.2, 0.25) is 11.8 Å². The number of nitrogens with one attached hydrogen (secondary N) is 1. The Morgan fingerprint density at radius 2 is 2.04 bits per heavy atom. The molecule has 2 saturated heterocycles. The Balaban J connectivity index is 1.75. The maximum atomic E-state index is 12.7. The van der Waals surface area contributed by atoms with Crippen molar-refractivity contribution in [1.82, 2.24) is 10.2 Å². The first kappa shape index (κ1) is 16.6. The van der Waals surface area contributed by atoms with E-state index in [4.69, 9.17) is 23.2 Å². The van der Waals surface area contributed by atoms with Crippen molar-refractivity contribution in [2.75, 3.05) is 31.1 Å². The average molecular weight is 356 g/mol. The topological polar surface area (TPSA) is 52.7 Å². The highest BCUT2D eigenvalue weighted by Gasteiger charge is 2.41. The summed E-state index contributed by atoms with van der Waals surface area (Å²) in [4.78, 5) is 28.8. The lowest BCUT2D eigenvalue weighted by molar-refractivity contribution is -0.142. The molecule has 3 rings (SSSR count). The van der Waals surface area contributed by atoms with E-state index in [-0.39, 0.29) is 17.9 Å². The summed E-state index contributed by atoms with van der Waals surface area (Å²) in [6, 6.07) is 5.21. The minimum Gasteiger partial charge on any atom is -0.337 e. The van der Waals surface area contributed by atoms with Crippen LogP contribution < -0.4 is 10.2 Å². The molecule has 124 valence electrons. The van der Waals surface area contributed by atoms with E-state index in [9.17, 15) is 9.59 Å². The second-order valence-corrected chi connectivity index (χ2v) is 6.83. The monoisotopic (exact) mass is 355 g/mol. The molecule has 5 nitrogen and oxygen atoms in total. The molecule has 0 radical (unpaired) electrons. The zero-order valence-electron chi connectivity index (χ0n) is 12.9. The second kappa shape index (κ2) is 6.67. The Hall–Kier alpha value is -1.30. The Bertz CT molecular complexity index is 638. The lowest BCUT2D eigenvalue weighted by Gasteiger charge is -2.35. The van der Waals surface area contributed by atoms with Crippen LogP contribution in [0.5, 0.6) is 0 Å². The van der Waals surface area contributed by atoms with Crippen molar-refractivity contribution in [2.24, 2.45) is 5.92 Å². The van der Waals surface area contributed by atoms with E-state index in [0.29, 0.717) is 35.2 Å². The summed E-state index contributed by atoms with van der Waals surface area (Å²) < 4.78 is 0. The third-order valence-electron chi connectivity index (χ3n) is 4.50. The Kier molecular flexibility index (Phi) is 4.80. The van der Waals surface area contributed by atoms with Gasteiger partial charge in [0.1, 0.15) is 5.92 Å². The van der Waals surface area contributed by atoms with E-state index in [1.165, 1.54) is 0 Å². The van der Waals surface area contributed by atoms with Crippen LogP contribution in [-0.4, -0.2) is 48.9 Å². The van der Waals surface area contributed by atoms with Crippen LogP contribution in [0.2, 0.25) is 10.0 Å². The fourth-order valence-electron chi connectivity index (χ4n) is 3.19. The molecule has 0 aromatic heterocycles. The van der Waals surface area contributed by atoms with Crippen LogP contribution >= 0.6 is 23.2 Å². The molecular weight excluding hydrogens is 337 g/mol. The van der Waals surface area contributed by atoms with E-state index in [0.717, 1.165) is 13.1 Å². The summed E-state index contributed by atoms with van der Waals surface area (Å²) in [6.45, 7) is 4.71. The standard InChI is InChI=1S/C16H19Cl2N3O2/c1-10-9-19-5-7-20(10)15(22)12-4-6-21(16(12)23)11-2-3-13(17)14(18)8-11/h2-3,8,10,12,19H,4-7,9H2,1H3/t10-,12?/m1/s1. The summed E-state index contributed by atoms with van der Waals surface area (Å²) in [5.41, 5.74) is 0.688. The van der Waals surface area contributed by atoms with E-state index in [1.807, 2.05) is 11.8 Å². The fraction of sp³-hybridized carbons (Fsp3) is 0.500. The van der Waals surface area contributed by atoms with Gasteiger partial charge in [-0.15, -0.1) is 0 Å². The molecule has 23 heavy (non-hydrogen) atoms. The van der Waals surface area contributed by atoms with E-state index in [1.54, 1.807) is 23.1 Å². The van der Waals surface area contributed by atoms with Gasteiger partial charge in [0.05, 0.1) is 10.0 Å². The molecule has 0 aliphatic carbocycles. The highest BCUT2D eigenvalue weighted by molar-refractivity contribution is 6.42. The van der Waals surface area contributed by atoms with E-state index in [2.05, 4.69) is 5.32 Å². The number of carbonyl (C=O) groups excluding carboxylic acids is 2. The largest absolute Gasteiger partial charge is 0.337 e. The normalized spacial score (nSPS) is 25.1. The quantitative estimate of drug-likeness (QED) is 0.827. The second-order valence-electron chi connectivity index (χ2n) is 6.01. The van der Waals surface area contributed by atoms with Gasteiger partial charge in [-0.1, -0.05) is 23.2 Å². The van der Waals surface area contributed by atoms with Crippen LogP contribution in [0.15, 0.2) is 18.2 Å². The number of anilines is 1. The number of hydrogen-bond donors (Lipinski definition) is 1. The first-order valence-electron chi connectivity index (χ1n) is 7.76. The number of carbonyl (C=O) groups is 2. The highest BCUT2D eigenvalue weighted by atomic mass is 35.5. The van der Waals surface area contributed by atoms with Crippen molar-refractivity contribution in [2.45, 2.75) is 19.4 Å². The molecule has 1 unspecified atom stereocenters. The van der Waals surface area contributed by atoms with Crippen LogP contribution in [-0.2, 0) is 9.59 Å². The number of amides is 2. The number of benzene rings is 1. The molecule has 0 saturated carbocycles. The van der Waals surface area contributed by atoms with Crippen molar-refractivity contribution in [3.63, 3.8) is 0 Å². The molecule has 1 aromatic carbocycles. The van der Waals surface area contributed by atoms with Gasteiger partial charge in [0.25, 0.3) is 0 Å². The van der Waals surface area contributed by atoms with Gasteiger partial charge >= 0.3 is 0 Å². The lowest BCUT2D eigenvalue weighted by atomic mass is 10.0. The molecule has 0 spiro atoms. The zero-order valence-corrected chi connectivity index (χ0v) is 14.4. The van der Waals surface area contributed by atoms with Gasteiger partial charge in [-0.3, -0.25) is 9.59 Å². The zero-order chi connectivity index (χ0) is 16.6. The Morgan fingerprint density at radius 3 is 2.74 bits per heavy atom. The van der Waals surface area contributed by atoms with Gasteiger partial charge in [0.15, 0.2) is 0 Å². The first-order chi connectivity index (χ1) is 11.0. The summed E-state index contributed by atoms with van der Waals surface area (Å²) >= 11 is 11.9. The van der Waals surface area contributed by atoms with Crippen LogP contribution in [0, 0.1) is 5.92 Å². The van der Waals surface area contributed by atoms with Crippen molar-refractivity contribution < 1.29 is 9.59 Å². The number of halogens is 2. The molecule has 1 aromatic rings. The fourth-order valence-corrected chi connectivity index (χ4v) is 3.48. The number of piperazine rings is 1. The van der Waals surface area contributed by atoms with Gasteiger partial charge in [-0.25, -0.2) is 0 Å². The van der Waals surface area contributed by atoms with E-state index >= 15 is 0 Å². The predicted octanol–water partition coefficient (Wildman–Crippen LogP) is 2.17. The molecule has 0 bridgehead atoms. The average Bonchev–Trinajstić information content (AvgIpc) is 2.91. The molecule has 2 fully saturated rings. The smallest absolute Gasteiger partial charge is 0.239 e. The maximum Gasteiger partial charge on any atom is 0.239 e. The van der Waals surface area contributed by atoms with Crippen molar-refractivity contribution >= 4 is 40.7 Å². The Labute approximate surface area is 145 Å². The van der Waals surface area contributed by atoms with Crippen LogP contribution in [0.4, 0.5) is 5.69 Å². The number of rotatable bonds is 2. The maximum absolute atomic E-state index is 12.7. The SMILES string of the molecule is C[C@@H]1CNCCN1C(=O)C1CCN(c2ccc(Cl)c(Cl)c2)C1=O. The summed E-state index contributed by atoms with van der Waals surface area (Å²) in [6.07, 6.45) is 0.536. The molecule has 2 atom stereocenters. The van der Waals surface area contributed by atoms with Crippen molar-refractivity contribution in [3.8, 4) is 0 Å². The number of nitrogens with zero attached hydrogens (tertiary/aromatic N) is 2. The lowest BCUT2D eigenvalue weighted by Crippen LogP contribution is -2.54. The summed E-state index contributed by atoms with van der Waals surface area (Å²) in [5.74, 6) is -0.810. The predicted molar refractivity (Wildman–Crippen MR) is 91.0 cm³/mol. The van der Waals surface area contributed by atoms with Gasteiger partial charge in [0, 0.05) is 37.9 Å². The molecule has 2 amide bonds. The van der Waals surface area contributed by atoms with Gasteiger partial charge in [-0.2, -0.15) is 0 Å². The molecule has 2 heterocycles. The Morgan fingerprint density at radius 1 is 1.26 bits per heavy atom. The summed E-state index contributed by atoms with van der Waals surface area (Å²) in [7, 11) is 0. The van der Waals surface area contributed by atoms with Crippen LogP contribution in [0.25, 0.3) is 0 Å². The first-order valence-corrected chi connectivity index (χ1v) is 8.52. The van der Waals surface area contributed by atoms with Crippen molar-refractivity contribution in [3.05, 3.63) is 28.2 Å². The van der Waals surface area contributed by atoms with Crippen LogP contribution in [0.1, 0.15) is 13.3 Å². The van der Waals surface area contributed by atoms with E-state index < -0.39 is 5.92 Å². The highest BCUT2D eigenvalue weighted by Crippen LogP contribution is 2.31. The molecule has 1 N–H and O–H groups in total. The van der Waals surface area contributed by atoms with Gasteiger partial charge in [-0.05, 0) is 31.5 Å². The van der Waals surface area contributed by atoms with Gasteiger partial charge < -0.3 is 15.1 Å². The third-order valence-corrected chi connectivity index (χ3v) is 5.24. The minimum atomic E-state index is -0.593. The third kappa shape index (κ3) is 3.18. The summed E-state index contributed by atoms with van der Waals surface area (Å²) in [5, 5.41) is 4.10. The van der Waals surface area contributed by atoms with Crippen molar-refractivity contribution in [1.29, 1.82) is 0 Å². The minimum absolute atomic E-state index is 0.0634. The molecular formula is C16H19Cl2N3O2. The number of hydrogen-bond acceptors (Lipinski definition) is 3. The molecule has 2 aliphatic heterocycles.